The van der Waals surface area contributed by atoms with E-state index in [1.165, 1.54) is 29.7 Å². The van der Waals surface area contributed by atoms with Crippen LogP contribution in [0.2, 0.25) is 0 Å². The molecular weight excluding hydrogens is 224 g/mol. The molecule has 4 heteroatoms. The summed E-state index contributed by atoms with van der Waals surface area (Å²) in [4.78, 5) is 3.10. The van der Waals surface area contributed by atoms with Gasteiger partial charge in [0.1, 0.15) is 0 Å². The molecule has 0 aliphatic carbocycles. The Morgan fingerprint density at radius 1 is 1.44 bits per heavy atom. The second kappa shape index (κ2) is 4.61. The van der Waals surface area contributed by atoms with Crippen molar-refractivity contribution in [1.82, 2.24) is 20.1 Å². The molecule has 1 saturated heterocycles. The summed E-state index contributed by atoms with van der Waals surface area (Å²) in [6.07, 6.45) is 6.48. The quantitative estimate of drug-likeness (QED) is 0.850. The summed E-state index contributed by atoms with van der Waals surface area (Å²) in [5.41, 5.74) is 5.00. The van der Waals surface area contributed by atoms with Crippen molar-refractivity contribution in [1.29, 1.82) is 0 Å². The average Bonchev–Trinajstić information content (AvgIpc) is 2.99. The second-order valence-corrected chi connectivity index (χ2v) is 5.13. The van der Waals surface area contributed by atoms with Crippen LogP contribution in [0.5, 0.6) is 0 Å². The minimum atomic E-state index is 0.601. The van der Waals surface area contributed by atoms with E-state index in [0.717, 1.165) is 18.8 Å². The van der Waals surface area contributed by atoms with Crippen LogP contribution >= 0.6 is 0 Å². The molecule has 18 heavy (non-hydrogen) atoms. The predicted octanol–water partition coefficient (Wildman–Crippen LogP) is 2.19. The molecule has 2 N–H and O–H groups in total. The highest BCUT2D eigenvalue weighted by Crippen LogP contribution is 2.31. The maximum Gasteiger partial charge on any atom is 0.0970 e. The second-order valence-electron chi connectivity index (χ2n) is 5.13. The lowest BCUT2D eigenvalue weighted by Gasteiger charge is -2.23. The van der Waals surface area contributed by atoms with Crippen molar-refractivity contribution in [2.75, 3.05) is 13.1 Å². The number of aromatic nitrogens is 3. The molecule has 1 unspecified atom stereocenters. The molecule has 0 bridgehead atoms. The highest BCUT2D eigenvalue weighted by Gasteiger charge is 2.23. The van der Waals surface area contributed by atoms with Crippen molar-refractivity contribution in [2.45, 2.75) is 25.7 Å². The highest BCUT2D eigenvalue weighted by molar-refractivity contribution is 5.63. The van der Waals surface area contributed by atoms with Gasteiger partial charge < -0.3 is 10.3 Å². The molecule has 3 rings (SSSR count). The molecule has 1 aliphatic heterocycles. The van der Waals surface area contributed by atoms with E-state index in [9.17, 15) is 0 Å². The Bertz CT molecular complexity index is 518. The minimum absolute atomic E-state index is 0.601. The van der Waals surface area contributed by atoms with Crippen molar-refractivity contribution in [2.24, 2.45) is 7.05 Å². The lowest BCUT2D eigenvalue weighted by Crippen LogP contribution is -2.29. The monoisotopic (exact) mass is 244 g/mol. The molecular formula is C14H20N4. The van der Waals surface area contributed by atoms with E-state index in [1.807, 2.05) is 12.4 Å². The number of H-pyrrole nitrogens is 1. The van der Waals surface area contributed by atoms with Crippen molar-refractivity contribution < 1.29 is 0 Å². The zero-order valence-corrected chi connectivity index (χ0v) is 11.0. The van der Waals surface area contributed by atoms with Crippen LogP contribution in [0.4, 0.5) is 0 Å². The Kier molecular flexibility index (Phi) is 2.96. The van der Waals surface area contributed by atoms with Gasteiger partial charge in [-0.15, -0.1) is 0 Å². The van der Waals surface area contributed by atoms with E-state index in [0.29, 0.717) is 5.92 Å². The number of aryl methyl sites for hydroxylation is 1. The molecule has 0 aromatic carbocycles. The Labute approximate surface area is 107 Å². The van der Waals surface area contributed by atoms with Crippen molar-refractivity contribution in [3.8, 4) is 11.3 Å². The first-order valence-corrected chi connectivity index (χ1v) is 6.64. The van der Waals surface area contributed by atoms with Crippen LogP contribution in [-0.4, -0.2) is 27.9 Å². The van der Waals surface area contributed by atoms with Crippen molar-refractivity contribution in [3.05, 3.63) is 29.7 Å². The van der Waals surface area contributed by atoms with Gasteiger partial charge in [-0.1, -0.05) is 0 Å². The Balaban J connectivity index is 2.00. The number of hydrogen-bond donors (Lipinski definition) is 2. The number of hydrogen-bond acceptors (Lipinski definition) is 2. The first-order valence-electron chi connectivity index (χ1n) is 6.64. The molecule has 0 radical (unpaired) electrons. The SMILES string of the molecule is Cc1c(-c2cc[nH]c2)nn(C)c1C1CCCNC1. The smallest absolute Gasteiger partial charge is 0.0970 e. The fourth-order valence-electron chi connectivity index (χ4n) is 3.04. The van der Waals surface area contributed by atoms with Crippen LogP contribution in [0.25, 0.3) is 11.3 Å². The number of piperidine rings is 1. The van der Waals surface area contributed by atoms with Gasteiger partial charge in [-0.25, -0.2) is 0 Å². The van der Waals surface area contributed by atoms with Gasteiger partial charge in [0.15, 0.2) is 0 Å². The third kappa shape index (κ3) is 1.86. The summed E-state index contributed by atoms with van der Waals surface area (Å²) < 4.78 is 2.06. The van der Waals surface area contributed by atoms with E-state index in [1.54, 1.807) is 0 Å². The van der Waals surface area contributed by atoms with Crippen LogP contribution in [0, 0.1) is 6.92 Å². The highest BCUT2D eigenvalue weighted by atomic mass is 15.3. The normalized spacial score (nSPS) is 20.2. The van der Waals surface area contributed by atoms with Gasteiger partial charge in [-0.2, -0.15) is 5.10 Å². The molecule has 1 aliphatic rings. The fraction of sp³-hybridized carbons (Fsp3) is 0.500. The maximum atomic E-state index is 4.70. The van der Waals surface area contributed by atoms with Crippen molar-refractivity contribution >= 4 is 0 Å². The van der Waals surface area contributed by atoms with Crippen LogP contribution < -0.4 is 5.32 Å². The van der Waals surface area contributed by atoms with Crippen LogP contribution in [0.1, 0.15) is 30.0 Å². The van der Waals surface area contributed by atoms with Gasteiger partial charge >= 0.3 is 0 Å². The van der Waals surface area contributed by atoms with Crippen LogP contribution in [0.15, 0.2) is 18.5 Å². The summed E-state index contributed by atoms with van der Waals surface area (Å²) in [5.74, 6) is 0.601. The van der Waals surface area contributed by atoms with E-state index in [4.69, 9.17) is 5.10 Å². The van der Waals surface area contributed by atoms with Gasteiger partial charge in [0.25, 0.3) is 0 Å². The summed E-state index contributed by atoms with van der Waals surface area (Å²) in [6, 6.07) is 2.08. The van der Waals surface area contributed by atoms with Gasteiger partial charge in [0.05, 0.1) is 5.69 Å². The third-order valence-electron chi connectivity index (χ3n) is 3.89. The topological polar surface area (TPSA) is 45.6 Å². The largest absolute Gasteiger partial charge is 0.367 e. The molecule has 3 heterocycles. The van der Waals surface area contributed by atoms with Crippen LogP contribution in [0.3, 0.4) is 0 Å². The van der Waals surface area contributed by atoms with Gasteiger partial charge in [-0.05, 0) is 37.9 Å². The summed E-state index contributed by atoms with van der Waals surface area (Å²) in [6.45, 7) is 4.42. The third-order valence-corrected chi connectivity index (χ3v) is 3.89. The number of nitrogens with zero attached hydrogens (tertiary/aromatic N) is 2. The van der Waals surface area contributed by atoms with Gasteiger partial charge in [0.2, 0.25) is 0 Å². The molecule has 1 fully saturated rings. The fourth-order valence-corrected chi connectivity index (χ4v) is 3.04. The van der Waals surface area contributed by atoms with E-state index in [-0.39, 0.29) is 0 Å². The lowest BCUT2D eigenvalue weighted by molar-refractivity contribution is 0.440. The Hall–Kier alpha value is -1.55. The Morgan fingerprint density at radius 2 is 2.33 bits per heavy atom. The molecule has 4 nitrogen and oxygen atoms in total. The molecule has 0 amide bonds. The average molecular weight is 244 g/mol. The number of rotatable bonds is 2. The number of nitrogens with one attached hydrogen (secondary N) is 2. The molecule has 96 valence electrons. The molecule has 0 spiro atoms. The summed E-state index contributed by atoms with van der Waals surface area (Å²) in [7, 11) is 2.06. The number of aromatic amines is 1. The molecule has 2 aromatic rings. The summed E-state index contributed by atoms with van der Waals surface area (Å²) >= 11 is 0. The zero-order chi connectivity index (χ0) is 12.5. The van der Waals surface area contributed by atoms with E-state index in [2.05, 4.69) is 35.0 Å². The van der Waals surface area contributed by atoms with Crippen molar-refractivity contribution in [3.63, 3.8) is 0 Å². The van der Waals surface area contributed by atoms with Gasteiger partial charge in [-0.3, -0.25) is 4.68 Å². The molecule has 2 aromatic heterocycles. The first-order chi connectivity index (χ1) is 8.77. The lowest BCUT2D eigenvalue weighted by atomic mass is 9.92. The van der Waals surface area contributed by atoms with Crippen LogP contribution in [-0.2, 0) is 7.05 Å². The standard InChI is InChI=1S/C14H20N4/c1-10-13(11-5-7-16-8-11)17-18(2)14(10)12-4-3-6-15-9-12/h5,7-8,12,15-16H,3-4,6,9H2,1-2H3. The van der Waals surface area contributed by atoms with E-state index < -0.39 is 0 Å². The Morgan fingerprint density at radius 3 is 3.00 bits per heavy atom. The van der Waals surface area contributed by atoms with E-state index >= 15 is 0 Å². The predicted molar refractivity (Wildman–Crippen MR) is 72.6 cm³/mol. The minimum Gasteiger partial charge on any atom is -0.367 e. The molecule has 0 saturated carbocycles. The van der Waals surface area contributed by atoms with Gasteiger partial charge in [0, 0.05) is 43.2 Å². The maximum absolute atomic E-state index is 4.70. The molecule has 1 atom stereocenters. The summed E-state index contributed by atoms with van der Waals surface area (Å²) in [5, 5.41) is 8.18. The first kappa shape index (κ1) is 11.5. The zero-order valence-electron chi connectivity index (χ0n) is 11.0.